The van der Waals surface area contributed by atoms with Gasteiger partial charge in [0.05, 0.1) is 12.5 Å². The largest absolute Gasteiger partial charge is 0.494 e. The van der Waals surface area contributed by atoms with Gasteiger partial charge in [0.15, 0.2) is 0 Å². The first-order chi connectivity index (χ1) is 15.1. The van der Waals surface area contributed by atoms with Gasteiger partial charge in [-0.25, -0.2) is 4.79 Å². The summed E-state index contributed by atoms with van der Waals surface area (Å²) in [6, 6.07) is 13.3. The van der Waals surface area contributed by atoms with Crippen molar-refractivity contribution in [1.82, 2.24) is 9.88 Å². The number of halogens is 3. The molecule has 0 radical (unpaired) electrons. The number of aromatic nitrogens is 1. The number of H-pyrrole nitrogens is 1. The summed E-state index contributed by atoms with van der Waals surface area (Å²) in [6.07, 6.45) is 1.12. The van der Waals surface area contributed by atoms with Crippen LogP contribution in [0.2, 0.25) is 5.02 Å². The standard InChI is InChI=1S/C23H23Cl3N2O3/c24-9-1-12-30-17-5-2-15(3-6-17)22-21-18(8-11-28(22)23(29)31-13-10-25)19-14-16(26)4-7-20(19)27-21/h2-7,14,22,27H,1,8-13H2. The van der Waals surface area contributed by atoms with Crippen LogP contribution in [0.15, 0.2) is 42.5 Å². The van der Waals surface area contributed by atoms with Gasteiger partial charge >= 0.3 is 6.09 Å². The maximum Gasteiger partial charge on any atom is 0.410 e. The molecule has 0 saturated carbocycles. The average Bonchev–Trinajstić information content (AvgIpc) is 3.15. The van der Waals surface area contributed by atoms with E-state index in [1.54, 1.807) is 4.90 Å². The highest BCUT2D eigenvalue weighted by Crippen LogP contribution is 2.39. The van der Waals surface area contributed by atoms with Crippen LogP contribution in [-0.2, 0) is 11.2 Å². The minimum atomic E-state index is -0.379. The Morgan fingerprint density at radius 2 is 1.90 bits per heavy atom. The third kappa shape index (κ3) is 4.74. The Morgan fingerprint density at radius 3 is 2.65 bits per heavy atom. The lowest BCUT2D eigenvalue weighted by molar-refractivity contribution is 0.0937. The van der Waals surface area contributed by atoms with Crippen molar-refractivity contribution in [2.24, 2.45) is 0 Å². The molecule has 4 rings (SSSR count). The molecule has 1 atom stereocenters. The summed E-state index contributed by atoms with van der Waals surface area (Å²) in [5, 5.41) is 1.77. The maximum atomic E-state index is 12.8. The lowest BCUT2D eigenvalue weighted by atomic mass is 9.92. The Balaban J connectivity index is 1.71. The van der Waals surface area contributed by atoms with Gasteiger partial charge in [-0.2, -0.15) is 0 Å². The molecule has 2 aromatic carbocycles. The number of alkyl halides is 2. The van der Waals surface area contributed by atoms with Gasteiger partial charge in [-0.3, -0.25) is 4.90 Å². The van der Waals surface area contributed by atoms with E-state index >= 15 is 0 Å². The molecule has 5 nitrogen and oxygen atoms in total. The minimum Gasteiger partial charge on any atom is -0.494 e. The first-order valence-electron chi connectivity index (χ1n) is 10.2. The van der Waals surface area contributed by atoms with Gasteiger partial charge < -0.3 is 14.5 Å². The van der Waals surface area contributed by atoms with Gasteiger partial charge in [0.2, 0.25) is 0 Å². The number of nitrogens with one attached hydrogen (secondary N) is 1. The molecule has 1 aliphatic heterocycles. The molecule has 2 heterocycles. The molecule has 1 amide bonds. The van der Waals surface area contributed by atoms with Gasteiger partial charge in [-0.1, -0.05) is 23.7 Å². The van der Waals surface area contributed by atoms with Crippen LogP contribution in [0.5, 0.6) is 5.75 Å². The number of hydrogen-bond acceptors (Lipinski definition) is 3. The lowest BCUT2D eigenvalue weighted by Crippen LogP contribution is -2.41. The van der Waals surface area contributed by atoms with E-state index in [4.69, 9.17) is 44.3 Å². The first-order valence-corrected chi connectivity index (χ1v) is 11.6. The van der Waals surface area contributed by atoms with Crippen LogP contribution in [0.4, 0.5) is 4.79 Å². The van der Waals surface area contributed by atoms with E-state index in [-0.39, 0.29) is 24.6 Å². The van der Waals surface area contributed by atoms with Gasteiger partial charge in [0, 0.05) is 34.0 Å². The van der Waals surface area contributed by atoms with E-state index in [0.717, 1.165) is 34.3 Å². The second kappa shape index (κ2) is 10.0. The number of carbonyl (C=O) groups excluding carboxylic acids is 1. The Morgan fingerprint density at radius 1 is 1.10 bits per heavy atom. The van der Waals surface area contributed by atoms with Crippen LogP contribution >= 0.6 is 34.8 Å². The molecule has 1 N–H and O–H groups in total. The summed E-state index contributed by atoms with van der Waals surface area (Å²) in [5.74, 6) is 1.59. The highest BCUT2D eigenvalue weighted by Gasteiger charge is 2.35. The van der Waals surface area contributed by atoms with Crippen molar-refractivity contribution in [2.75, 3.05) is 31.5 Å². The number of fused-ring (bicyclic) bond motifs is 3. The molecule has 1 aromatic heterocycles. The van der Waals surface area contributed by atoms with Crippen molar-refractivity contribution >= 4 is 51.8 Å². The number of hydrogen-bond donors (Lipinski definition) is 1. The Kier molecular flexibility index (Phi) is 7.16. The van der Waals surface area contributed by atoms with E-state index in [1.807, 2.05) is 42.5 Å². The predicted octanol–water partition coefficient (Wildman–Crippen LogP) is 6.15. The predicted molar refractivity (Wildman–Crippen MR) is 125 cm³/mol. The molecule has 31 heavy (non-hydrogen) atoms. The average molecular weight is 482 g/mol. The summed E-state index contributed by atoms with van der Waals surface area (Å²) in [4.78, 5) is 18.1. The van der Waals surface area contributed by atoms with Crippen molar-refractivity contribution in [2.45, 2.75) is 18.9 Å². The van der Waals surface area contributed by atoms with Crippen LogP contribution in [-0.4, -0.2) is 47.5 Å². The summed E-state index contributed by atoms with van der Waals surface area (Å²) in [6.45, 7) is 1.27. The Hall–Kier alpha value is -2.08. The summed E-state index contributed by atoms with van der Waals surface area (Å²) in [5.41, 5.74) is 4.11. The number of amides is 1. The zero-order valence-corrected chi connectivity index (χ0v) is 19.1. The van der Waals surface area contributed by atoms with E-state index in [0.29, 0.717) is 30.5 Å². The smallest absolute Gasteiger partial charge is 0.410 e. The second-order valence-corrected chi connectivity index (χ2v) is 8.51. The molecule has 164 valence electrons. The van der Waals surface area contributed by atoms with Crippen LogP contribution < -0.4 is 4.74 Å². The van der Waals surface area contributed by atoms with E-state index < -0.39 is 0 Å². The fraction of sp³-hybridized carbons (Fsp3) is 0.348. The first kappa shape index (κ1) is 22.1. The van der Waals surface area contributed by atoms with Gasteiger partial charge in [-0.05, 0) is 54.3 Å². The maximum absolute atomic E-state index is 12.8. The monoisotopic (exact) mass is 480 g/mol. The van der Waals surface area contributed by atoms with E-state index in [2.05, 4.69) is 4.98 Å². The number of rotatable bonds is 7. The molecule has 0 bridgehead atoms. The van der Waals surface area contributed by atoms with Crippen molar-refractivity contribution in [3.8, 4) is 5.75 Å². The SMILES string of the molecule is O=C(OCCCl)N1CCc2c([nH]c3ccc(Cl)cc23)C1c1ccc(OCCCCl)cc1. The molecule has 3 aromatic rings. The Bertz CT molecular complexity index is 1050. The van der Waals surface area contributed by atoms with Crippen LogP contribution in [0, 0.1) is 0 Å². The lowest BCUT2D eigenvalue weighted by Gasteiger charge is -2.35. The third-order valence-electron chi connectivity index (χ3n) is 5.37. The molecule has 1 aliphatic rings. The van der Waals surface area contributed by atoms with Crippen molar-refractivity contribution in [3.63, 3.8) is 0 Å². The molecular formula is C23H23Cl3N2O3. The highest BCUT2D eigenvalue weighted by atomic mass is 35.5. The molecule has 0 aliphatic carbocycles. The number of carbonyl (C=O) groups is 1. The topological polar surface area (TPSA) is 54.6 Å². The summed E-state index contributed by atoms with van der Waals surface area (Å²) >= 11 is 17.7. The van der Waals surface area contributed by atoms with E-state index in [1.165, 1.54) is 5.56 Å². The fourth-order valence-corrected chi connectivity index (χ4v) is 4.36. The van der Waals surface area contributed by atoms with Crippen molar-refractivity contribution < 1.29 is 14.3 Å². The fourth-order valence-electron chi connectivity index (χ4n) is 4.00. The minimum absolute atomic E-state index is 0.173. The molecule has 8 heteroatoms. The van der Waals surface area contributed by atoms with Crippen LogP contribution in [0.3, 0.4) is 0 Å². The molecule has 1 unspecified atom stereocenters. The van der Waals surface area contributed by atoms with E-state index in [9.17, 15) is 4.79 Å². The van der Waals surface area contributed by atoms with Crippen molar-refractivity contribution in [3.05, 3.63) is 64.3 Å². The van der Waals surface area contributed by atoms with Crippen LogP contribution in [0.1, 0.15) is 29.3 Å². The number of aromatic amines is 1. The molecule has 0 spiro atoms. The number of ether oxygens (including phenoxy) is 2. The highest BCUT2D eigenvalue weighted by molar-refractivity contribution is 6.31. The molecular weight excluding hydrogens is 459 g/mol. The molecule has 0 fully saturated rings. The normalized spacial score (nSPS) is 15.7. The summed E-state index contributed by atoms with van der Waals surface area (Å²) in [7, 11) is 0. The van der Waals surface area contributed by atoms with Gasteiger partial charge in [0.1, 0.15) is 18.4 Å². The zero-order chi connectivity index (χ0) is 21.8. The number of nitrogens with zero attached hydrogens (tertiary/aromatic N) is 1. The quantitative estimate of drug-likeness (QED) is 0.325. The van der Waals surface area contributed by atoms with Crippen molar-refractivity contribution in [1.29, 1.82) is 0 Å². The zero-order valence-electron chi connectivity index (χ0n) is 16.9. The summed E-state index contributed by atoms with van der Waals surface area (Å²) < 4.78 is 11.1. The van der Waals surface area contributed by atoms with Gasteiger partial charge in [0.25, 0.3) is 0 Å². The number of benzene rings is 2. The Labute approximate surface area is 196 Å². The van der Waals surface area contributed by atoms with Gasteiger partial charge in [-0.15, -0.1) is 23.2 Å². The molecule has 0 saturated heterocycles. The second-order valence-electron chi connectivity index (χ2n) is 7.32. The van der Waals surface area contributed by atoms with Crippen LogP contribution in [0.25, 0.3) is 10.9 Å². The third-order valence-corrected chi connectivity index (χ3v) is 6.03.